The number of rotatable bonds is 8. The number of nitrogens with two attached hydrogens (primary N) is 1. The van der Waals surface area contributed by atoms with E-state index in [9.17, 15) is 0 Å². The summed E-state index contributed by atoms with van der Waals surface area (Å²) in [7, 11) is 0. The molecule has 1 rings (SSSR count). The fourth-order valence-electron chi connectivity index (χ4n) is 2.77. The van der Waals surface area contributed by atoms with Crippen molar-refractivity contribution in [3.05, 3.63) is 35.9 Å². The molecule has 0 amide bonds. The van der Waals surface area contributed by atoms with Crippen molar-refractivity contribution in [3.8, 4) is 0 Å². The Morgan fingerprint density at radius 1 is 1.11 bits per heavy atom. The molecule has 0 heterocycles. The molecule has 2 heteroatoms. The van der Waals surface area contributed by atoms with E-state index in [1.165, 1.54) is 18.4 Å². The van der Waals surface area contributed by atoms with Crippen molar-refractivity contribution < 1.29 is 0 Å². The highest BCUT2D eigenvalue weighted by atomic mass is 15.0. The third-order valence-corrected chi connectivity index (χ3v) is 3.67. The molecule has 1 unspecified atom stereocenters. The van der Waals surface area contributed by atoms with Crippen LogP contribution in [0.4, 0.5) is 0 Å². The van der Waals surface area contributed by atoms with Gasteiger partial charge in [-0.2, -0.15) is 0 Å². The molecule has 0 aliphatic heterocycles. The van der Waals surface area contributed by atoms with Crippen molar-refractivity contribution in [2.24, 2.45) is 5.73 Å². The Balaban J connectivity index is 2.76. The fourth-order valence-corrected chi connectivity index (χ4v) is 2.77. The molecule has 0 radical (unpaired) electrons. The van der Waals surface area contributed by atoms with Crippen LogP contribution in [0, 0.1) is 0 Å². The second kappa shape index (κ2) is 7.55. The van der Waals surface area contributed by atoms with Gasteiger partial charge in [0.1, 0.15) is 0 Å². The average Bonchev–Trinajstić information content (AvgIpc) is 2.40. The molecule has 1 aromatic carbocycles. The van der Waals surface area contributed by atoms with Gasteiger partial charge in [0.15, 0.2) is 0 Å². The Morgan fingerprint density at radius 2 is 1.67 bits per heavy atom. The monoisotopic (exact) mass is 248 g/mol. The Labute approximate surface area is 112 Å². The van der Waals surface area contributed by atoms with Crippen LogP contribution in [0.15, 0.2) is 30.3 Å². The van der Waals surface area contributed by atoms with Gasteiger partial charge in [0.25, 0.3) is 0 Å². The quantitative estimate of drug-likeness (QED) is 0.737. The molecule has 1 aromatic rings. The van der Waals surface area contributed by atoms with Gasteiger partial charge in [-0.05, 0) is 25.3 Å². The number of hydrogen-bond acceptors (Lipinski definition) is 2. The first-order valence-electron chi connectivity index (χ1n) is 7.20. The molecule has 0 aromatic heterocycles. The summed E-state index contributed by atoms with van der Waals surface area (Å²) in [6.45, 7) is 7.40. The van der Waals surface area contributed by atoms with Gasteiger partial charge in [0, 0.05) is 18.1 Å². The van der Waals surface area contributed by atoms with Crippen LogP contribution < -0.4 is 11.1 Å². The first-order chi connectivity index (χ1) is 8.67. The zero-order chi connectivity index (χ0) is 13.4. The Kier molecular flexibility index (Phi) is 6.37. The lowest BCUT2D eigenvalue weighted by Gasteiger charge is -2.36. The van der Waals surface area contributed by atoms with Gasteiger partial charge < -0.3 is 11.1 Å². The second-order valence-corrected chi connectivity index (χ2v) is 5.26. The van der Waals surface area contributed by atoms with E-state index in [1.807, 2.05) is 0 Å². The van der Waals surface area contributed by atoms with E-state index >= 15 is 0 Å². The van der Waals surface area contributed by atoms with Crippen molar-refractivity contribution in [1.82, 2.24) is 5.32 Å². The van der Waals surface area contributed by atoms with Gasteiger partial charge in [-0.1, -0.05) is 57.0 Å². The van der Waals surface area contributed by atoms with Gasteiger partial charge in [0.2, 0.25) is 0 Å². The lowest BCUT2D eigenvalue weighted by molar-refractivity contribution is 0.257. The van der Waals surface area contributed by atoms with Crippen LogP contribution in [-0.2, 0) is 0 Å². The summed E-state index contributed by atoms with van der Waals surface area (Å²) in [4.78, 5) is 0. The largest absolute Gasteiger partial charge is 0.329 e. The smallest absolute Gasteiger partial charge is 0.0309 e. The van der Waals surface area contributed by atoms with Crippen LogP contribution in [0.25, 0.3) is 0 Å². The molecule has 1 atom stereocenters. The van der Waals surface area contributed by atoms with E-state index in [0.29, 0.717) is 12.6 Å². The van der Waals surface area contributed by atoms with Gasteiger partial charge in [-0.25, -0.2) is 0 Å². The minimum absolute atomic E-state index is 0.0960. The summed E-state index contributed by atoms with van der Waals surface area (Å²) in [6, 6.07) is 11.0. The fraction of sp³-hybridized carbons (Fsp3) is 0.625. The summed E-state index contributed by atoms with van der Waals surface area (Å²) in [5, 5.41) is 3.77. The van der Waals surface area contributed by atoms with E-state index in [0.717, 1.165) is 12.8 Å². The standard InChI is InChI=1S/C16H28N2/c1-4-11-16(13-17,12-5-2)18-14(3)15-9-7-6-8-10-15/h6-10,14,18H,4-5,11-13,17H2,1-3H3. The number of benzene rings is 1. The molecule has 0 saturated heterocycles. The predicted octanol–water partition coefficient (Wildman–Crippen LogP) is 3.63. The third kappa shape index (κ3) is 4.11. The maximum atomic E-state index is 6.04. The summed E-state index contributed by atoms with van der Waals surface area (Å²) in [6.07, 6.45) is 4.64. The highest BCUT2D eigenvalue weighted by Gasteiger charge is 2.28. The van der Waals surface area contributed by atoms with Crippen LogP contribution in [0.1, 0.15) is 58.1 Å². The van der Waals surface area contributed by atoms with E-state index < -0.39 is 0 Å². The molecule has 0 saturated carbocycles. The topological polar surface area (TPSA) is 38.0 Å². The summed E-state index contributed by atoms with van der Waals surface area (Å²) in [5.41, 5.74) is 7.48. The Bertz CT molecular complexity index is 315. The van der Waals surface area contributed by atoms with Gasteiger partial charge >= 0.3 is 0 Å². The minimum Gasteiger partial charge on any atom is -0.329 e. The van der Waals surface area contributed by atoms with E-state index in [4.69, 9.17) is 5.73 Å². The molecular formula is C16H28N2. The Hall–Kier alpha value is -0.860. The summed E-state index contributed by atoms with van der Waals surface area (Å²) in [5.74, 6) is 0. The van der Waals surface area contributed by atoms with Crippen LogP contribution >= 0.6 is 0 Å². The van der Waals surface area contributed by atoms with Crippen molar-refractivity contribution in [2.45, 2.75) is 58.0 Å². The lowest BCUT2D eigenvalue weighted by atomic mass is 9.87. The molecule has 2 nitrogen and oxygen atoms in total. The van der Waals surface area contributed by atoms with Crippen molar-refractivity contribution >= 4 is 0 Å². The van der Waals surface area contributed by atoms with Crippen molar-refractivity contribution in [3.63, 3.8) is 0 Å². The summed E-state index contributed by atoms with van der Waals surface area (Å²) < 4.78 is 0. The van der Waals surface area contributed by atoms with Crippen LogP contribution in [0.5, 0.6) is 0 Å². The highest BCUT2D eigenvalue weighted by molar-refractivity contribution is 5.18. The molecule has 0 aliphatic carbocycles. The summed E-state index contributed by atoms with van der Waals surface area (Å²) >= 11 is 0. The van der Waals surface area contributed by atoms with Crippen LogP contribution in [0.3, 0.4) is 0 Å². The molecule has 102 valence electrons. The van der Waals surface area contributed by atoms with Gasteiger partial charge in [-0.3, -0.25) is 0 Å². The highest BCUT2D eigenvalue weighted by Crippen LogP contribution is 2.23. The molecule has 0 spiro atoms. The van der Waals surface area contributed by atoms with Crippen LogP contribution in [-0.4, -0.2) is 12.1 Å². The first-order valence-corrected chi connectivity index (χ1v) is 7.20. The molecule has 3 N–H and O–H groups in total. The molecule has 18 heavy (non-hydrogen) atoms. The maximum Gasteiger partial charge on any atom is 0.0309 e. The Morgan fingerprint density at radius 3 is 2.11 bits per heavy atom. The zero-order valence-corrected chi connectivity index (χ0v) is 12.1. The van der Waals surface area contributed by atoms with Gasteiger partial charge in [-0.15, -0.1) is 0 Å². The normalized spacial score (nSPS) is 13.6. The second-order valence-electron chi connectivity index (χ2n) is 5.26. The average molecular weight is 248 g/mol. The number of hydrogen-bond donors (Lipinski definition) is 2. The third-order valence-electron chi connectivity index (χ3n) is 3.67. The molecule has 0 bridgehead atoms. The van der Waals surface area contributed by atoms with E-state index in [2.05, 4.69) is 56.4 Å². The SMILES string of the molecule is CCCC(CN)(CCC)NC(C)c1ccccc1. The maximum absolute atomic E-state index is 6.04. The van der Waals surface area contributed by atoms with Gasteiger partial charge in [0.05, 0.1) is 0 Å². The number of nitrogens with one attached hydrogen (secondary N) is 1. The van der Waals surface area contributed by atoms with Crippen LogP contribution in [0.2, 0.25) is 0 Å². The van der Waals surface area contributed by atoms with E-state index in [1.54, 1.807) is 0 Å². The zero-order valence-electron chi connectivity index (χ0n) is 12.1. The van der Waals surface area contributed by atoms with Crippen molar-refractivity contribution in [2.75, 3.05) is 6.54 Å². The van der Waals surface area contributed by atoms with E-state index in [-0.39, 0.29) is 5.54 Å². The molecular weight excluding hydrogens is 220 g/mol. The lowest BCUT2D eigenvalue weighted by Crippen LogP contribution is -2.51. The minimum atomic E-state index is 0.0960. The molecule has 0 aliphatic rings. The van der Waals surface area contributed by atoms with Crippen molar-refractivity contribution in [1.29, 1.82) is 0 Å². The first kappa shape index (κ1) is 15.2. The molecule has 0 fully saturated rings. The predicted molar refractivity (Wildman–Crippen MR) is 79.6 cm³/mol.